The third kappa shape index (κ3) is 3.24. The van der Waals surface area contributed by atoms with E-state index in [4.69, 9.17) is 10.4 Å². The first kappa shape index (κ1) is 13.0. The molecule has 0 bridgehead atoms. The van der Waals surface area contributed by atoms with Gasteiger partial charge in [-0.3, -0.25) is 0 Å². The van der Waals surface area contributed by atoms with E-state index in [1.165, 1.54) is 11.8 Å². The average molecular weight is 237 g/mol. The van der Waals surface area contributed by atoms with Crippen molar-refractivity contribution in [1.82, 2.24) is 0 Å². The smallest absolute Gasteiger partial charge is 0.0992 e. The second-order valence-corrected chi connectivity index (χ2v) is 5.13. The molecule has 0 spiro atoms. The fourth-order valence-electron chi connectivity index (χ4n) is 1.31. The highest BCUT2D eigenvalue weighted by atomic mass is 32.2. The van der Waals surface area contributed by atoms with Crippen LogP contribution in [0.5, 0.6) is 0 Å². The Balaban J connectivity index is 3.06. The molecule has 1 aromatic carbocycles. The molecule has 0 heterocycles. The van der Waals surface area contributed by atoms with Gasteiger partial charge in [-0.05, 0) is 24.6 Å². The number of thioether (sulfide) groups is 1. The van der Waals surface area contributed by atoms with Crippen LogP contribution in [-0.2, 0) is 0 Å². The molecule has 3 nitrogen and oxygen atoms in total. The quantitative estimate of drug-likeness (QED) is 0.787. The second kappa shape index (κ2) is 5.90. The number of rotatable bonds is 4. The Hall–Kier alpha value is -1.02. The van der Waals surface area contributed by atoms with E-state index >= 15 is 0 Å². The number of aliphatic hydroxyl groups is 2. The first-order chi connectivity index (χ1) is 7.58. The molecular weight excluding hydrogens is 222 g/mol. The van der Waals surface area contributed by atoms with Gasteiger partial charge in [0.1, 0.15) is 0 Å². The molecule has 4 heteroatoms. The van der Waals surface area contributed by atoms with Crippen molar-refractivity contribution >= 4 is 11.8 Å². The van der Waals surface area contributed by atoms with Crippen molar-refractivity contribution in [2.24, 2.45) is 0 Å². The van der Waals surface area contributed by atoms with Crippen LogP contribution in [-0.4, -0.2) is 22.1 Å². The molecule has 0 amide bonds. The number of benzene rings is 1. The molecular formula is C12H15NO2S. The minimum Gasteiger partial charge on any atom is -0.395 e. The molecule has 0 radical (unpaired) electrons. The highest BCUT2D eigenvalue weighted by molar-refractivity contribution is 8.00. The second-order valence-electron chi connectivity index (χ2n) is 3.65. The SMILES string of the molecule is CC(CO)Sc1cc(C#N)ccc1[C@H](C)O. The van der Waals surface area contributed by atoms with Crippen LogP contribution in [0.15, 0.2) is 23.1 Å². The van der Waals surface area contributed by atoms with E-state index < -0.39 is 6.10 Å². The molecule has 16 heavy (non-hydrogen) atoms. The zero-order valence-corrected chi connectivity index (χ0v) is 10.2. The molecule has 0 saturated heterocycles. The first-order valence-corrected chi connectivity index (χ1v) is 5.96. The Kier molecular flexibility index (Phi) is 4.81. The summed E-state index contributed by atoms with van der Waals surface area (Å²) in [4.78, 5) is 0.857. The standard InChI is InChI=1S/C12H15NO2S/c1-8(7-14)16-12-5-10(6-13)3-4-11(12)9(2)15/h3-5,8-9,14-15H,7H2,1-2H3/t8?,9-/m0/s1. The molecule has 0 aliphatic rings. The maximum atomic E-state index is 9.59. The number of nitriles is 1. The topological polar surface area (TPSA) is 64.2 Å². The van der Waals surface area contributed by atoms with E-state index in [0.29, 0.717) is 5.56 Å². The molecule has 0 aliphatic carbocycles. The van der Waals surface area contributed by atoms with Crippen molar-refractivity contribution in [3.63, 3.8) is 0 Å². The molecule has 0 saturated carbocycles. The van der Waals surface area contributed by atoms with Gasteiger partial charge >= 0.3 is 0 Å². The number of hydrogen-bond acceptors (Lipinski definition) is 4. The average Bonchev–Trinajstić information content (AvgIpc) is 2.28. The van der Waals surface area contributed by atoms with Gasteiger partial charge in [-0.1, -0.05) is 13.0 Å². The summed E-state index contributed by atoms with van der Waals surface area (Å²) in [5, 5.41) is 27.5. The summed E-state index contributed by atoms with van der Waals surface area (Å²) in [5.74, 6) is 0. The Labute approximate surface area is 99.7 Å². The van der Waals surface area contributed by atoms with E-state index in [1.54, 1.807) is 25.1 Å². The first-order valence-electron chi connectivity index (χ1n) is 5.08. The summed E-state index contributed by atoms with van der Waals surface area (Å²) in [6.45, 7) is 3.66. The highest BCUT2D eigenvalue weighted by Gasteiger charge is 2.12. The monoisotopic (exact) mass is 237 g/mol. The van der Waals surface area contributed by atoms with Gasteiger partial charge in [0.05, 0.1) is 24.3 Å². The van der Waals surface area contributed by atoms with Crippen molar-refractivity contribution in [3.05, 3.63) is 29.3 Å². The van der Waals surface area contributed by atoms with E-state index in [1.807, 2.05) is 6.92 Å². The van der Waals surface area contributed by atoms with Gasteiger partial charge in [-0.2, -0.15) is 5.26 Å². The molecule has 86 valence electrons. The summed E-state index contributed by atoms with van der Waals surface area (Å²) in [5.41, 5.74) is 1.36. The van der Waals surface area contributed by atoms with Crippen LogP contribution in [0.25, 0.3) is 0 Å². The lowest BCUT2D eigenvalue weighted by Crippen LogP contribution is -2.04. The van der Waals surface area contributed by atoms with Crippen molar-refractivity contribution < 1.29 is 10.2 Å². The Morgan fingerprint density at radius 2 is 2.12 bits per heavy atom. The van der Waals surface area contributed by atoms with Crippen LogP contribution in [0.2, 0.25) is 0 Å². The zero-order valence-electron chi connectivity index (χ0n) is 9.34. The van der Waals surface area contributed by atoms with E-state index in [-0.39, 0.29) is 11.9 Å². The van der Waals surface area contributed by atoms with E-state index in [2.05, 4.69) is 6.07 Å². The van der Waals surface area contributed by atoms with Crippen LogP contribution in [0.4, 0.5) is 0 Å². The zero-order chi connectivity index (χ0) is 12.1. The normalized spacial score (nSPS) is 14.2. The van der Waals surface area contributed by atoms with Gasteiger partial charge in [-0.25, -0.2) is 0 Å². The Morgan fingerprint density at radius 1 is 1.44 bits per heavy atom. The summed E-state index contributed by atoms with van der Waals surface area (Å²) >= 11 is 1.47. The van der Waals surface area contributed by atoms with Crippen molar-refractivity contribution in [1.29, 1.82) is 5.26 Å². The minimum absolute atomic E-state index is 0.0476. The van der Waals surface area contributed by atoms with Gasteiger partial charge in [0.15, 0.2) is 0 Å². The summed E-state index contributed by atoms with van der Waals surface area (Å²) < 4.78 is 0. The maximum absolute atomic E-state index is 9.59. The van der Waals surface area contributed by atoms with Crippen molar-refractivity contribution in [3.8, 4) is 6.07 Å². The van der Waals surface area contributed by atoms with Crippen molar-refractivity contribution in [2.45, 2.75) is 30.1 Å². The van der Waals surface area contributed by atoms with Crippen molar-refractivity contribution in [2.75, 3.05) is 6.61 Å². The van der Waals surface area contributed by atoms with Gasteiger partial charge < -0.3 is 10.2 Å². The fourth-order valence-corrected chi connectivity index (χ4v) is 2.38. The van der Waals surface area contributed by atoms with Crippen LogP contribution in [0.3, 0.4) is 0 Å². The molecule has 1 aromatic rings. The molecule has 2 atom stereocenters. The van der Waals surface area contributed by atoms with Gasteiger partial charge in [0.25, 0.3) is 0 Å². The van der Waals surface area contributed by atoms with Gasteiger partial charge in [0, 0.05) is 10.1 Å². The van der Waals surface area contributed by atoms with E-state index in [9.17, 15) is 5.11 Å². The third-order valence-electron chi connectivity index (χ3n) is 2.18. The Bertz CT molecular complexity index is 398. The van der Waals surface area contributed by atoms with Crippen LogP contribution < -0.4 is 0 Å². The molecule has 0 aromatic heterocycles. The highest BCUT2D eigenvalue weighted by Crippen LogP contribution is 2.31. The number of nitrogens with zero attached hydrogens (tertiary/aromatic N) is 1. The molecule has 1 unspecified atom stereocenters. The van der Waals surface area contributed by atoms with Crippen LogP contribution in [0, 0.1) is 11.3 Å². The lowest BCUT2D eigenvalue weighted by molar-refractivity contribution is 0.196. The predicted octanol–water partition coefficient (Wildman–Crippen LogP) is 2.08. The summed E-state index contributed by atoms with van der Waals surface area (Å²) in [6, 6.07) is 7.27. The Morgan fingerprint density at radius 3 is 2.62 bits per heavy atom. The molecule has 0 aliphatic heterocycles. The number of hydrogen-bond donors (Lipinski definition) is 2. The van der Waals surface area contributed by atoms with Gasteiger partial charge in [-0.15, -0.1) is 11.8 Å². The molecule has 0 fully saturated rings. The molecule has 1 rings (SSSR count). The number of aliphatic hydroxyl groups excluding tert-OH is 2. The maximum Gasteiger partial charge on any atom is 0.0992 e. The summed E-state index contributed by atoms with van der Waals surface area (Å²) in [7, 11) is 0. The fraction of sp³-hybridized carbons (Fsp3) is 0.417. The minimum atomic E-state index is -0.568. The molecule has 2 N–H and O–H groups in total. The lowest BCUT2D eigenvalue weighted by Gasteiger charge is -2.14. The third-order valence-corrected chi connectivity index (χ3v) is 3.34. The largest absolute Gasteiger partial charge is 0.395 e. The van der Waals surface area contributed by atoms with Crippen LogP contribution >= 0.6 is 11.8 Å². The predicted molar refractivity (Wildman–Crippen MR) is 64.2 cm³/mol. The van der Waals surface area contributed by atoms with Gasteiger partial charge in [0.2, 0.25) is 0 Å². The van der Waals surface area contributed by atoms with E-state index in [0.717, 1.165) is 10.5 Å². The summed E-state index contributed by atoms with van der Waals surface area (Å²) in [6.07, 6.45) is -0.568. The lowest BCUT2D eigenvalue weighted by atomic mass is 10.1. The van der Waals surface area contributed by atoms with Crippen LogP contribution in [0.1, 0.15) is 31.1 Å².